The summed E-state index contributed by atoms with van der Waals surface area (Å²) < 4.78 is 39.7. The molecule has 9 heteroatoms. The zero-order valence-electron chi connectivity index (χ0n) is 11.5. The molecule has 2 N–H and O–H groups in total. The fourth-order valence-corrected chi connectivity index (χ4v) is 4.07. The first kappa shape index (κ1) is 16.4. The van der Waals surface area contributed by atoms with Crippen LogP contribution in [-0.4, -0.2) is 48.8 Å². The summed E-state index contributed by atoms with van der Waals surface area (Å²) >= 11 is 0. The van der Waals surface area contributed by atoms with Crippen molar-refractivity contribution in [3.8, 4) is 0 Å². The van der Waals surface area contributed by atoms with E-state index in [0.717, 1.165) is 16.4 Å². The first-order valence-corrected chi connectivity index (χ1v) is 8.04. The lowest BCUT2D eigenvalue weighted by molar-refractivity contribution is -0.138. The Morgan fingerprint density at radius 1 is 1.36 bits per heavy atom. The molecule has 1 aromatic rings. The number of nitrogens with zero attached hydrogens (tertiary/aromatic N) is 1. The zero-order valence-corrected chi connectivity index (χ0v) is 12.3. The lowest BCUT2D eigenvalue weighted by atomic mass is 10.2. The van der Waals surface area contributed by atoms with E-state index in [1.807, 2.05) is 0 Å². The van der Waals surface area contributed by atoms with E-state index in [-0.39, 0.29) is 13.0 Å². The van der Waals surface area contributed by atoms with Crippen LogP contribution in [0.15, 0.2) is 29.2 Å². The van der Waals surface area contributed by atoms with Gasteiger partial charge >= 0.3 is 5.97 Å². The van der Waals surface area contributed by atoms with Crippen LogP contribution in [0.2, 0.25) is 0 Å². The van der Waals surface area contributed by atoms with Crippen LogP contribution < -0.4 is 5.32 Å². The van der Waals surface area contributed by atoms with Crippen LogP contribution >= 0.6 is 0 Å². The number of carboxylic acids is 1. The molecular formula is C13H15FN2O5S. The van der Waals surface area contributed by atoms with Crippen molar-refractivity contribution in [3.05, 3.63) is 30.1 Å². The molecule has 2 rings (SSSR count). The molecular weight excluding hydrogens is 315 g/mol. The third-order valence-corrected chi connectivity index (χ3v) is 5.28. The minimum absolute atomic E-state index is 0.0851. The Labute approximate surface area is 126 Å². The average Bonchev–Trinajstić information content (AvgIpc) is 2.95. The lowest BCUT2D eigenvalue weighted by Crippen LogP contribution is -2.47. The lowest BCUT2D eigenvalue weighted by Gasteiger charge is -2.23. The predicted molar refractivity (Wildman–Crippen MR) is 74.0 cm³/mol. The summed E-state index contributed by atoms with van der Waals surface area (Å²) in [6.07, 6.45) is 0.706. The molecule has 1 heterocycles. The molecule has 1 aliphatic rings. The predicted octanol–water partition coefficient (Wildman–Crippen LogP) is 0.180. The zero-order chi connectivity index (χ0) is 16.3. The van der Waals surface area contributed by atoms with Gasteiger partial charge in [0.05, 0.1) is 0 Å². The van der Waals surface area contributed by atoms with Crippen LogP contribution in [0.1, 0.15) is 12.8 Å². The van der Waals surface area contributed by atoms with Crippen LogP contribution in [0.5, 0.6) is 0 Å². The van der Waals surface area contributed by atoms with Crippen molar-refractivity contribution in [2.75, 3.05) is 13.1 Å². The fraction of sp³-hybridized carbons (Fsp3) is 0.385. The molecule has 1 saturated heterocycles. The number of nitrogens with one attached hydrogen (secondary N) is 1. The standard InChI is InChI=1S/C13H15FN2O5S/c14-9-4-1-2-6-11(9)22(20,21)16-7-3-5-10(16)13(19)15-8-12(17)18/h1-2,4,6,10H,3,5,7-8H2,(H,15,19)(H,17,18). The number of hydrogen-bond acceptors (Lipinski definition) is 4. The van der Waals surface area contributed by atoms with Crippen molar-refractivity contribution in [1.29, 1.82) is 0 Å². The second-order valence-corrected chi connectivity index (χ2v) is 6.67. The Bertz CT molecular complexity index is 691. The monoisotopic (exact) mass is 330 g/mol. The van der Waals surface area contributed by atoms with E-state index in [1.165, 1.54) is 12.1 Å². The number of halogens is 1. The molecule has 1 fully saturated rings. The number of hydrogen-bond donors (Lipinski definition) is 2. The van der Waals surface area contributed by atoms with E-state index >= 15 is 0 Å². The van der Waals surface area contributed by atoms with Crippen molar-refractivity contribution in [2.45, 2.75) is 23.8 Å². The summed E-state index contributed by atoms with van der Waals surface area (Å²) in [6.45, 7) is -0.509. The maximum atomic E-state index is 13.7. The number of benzene rings is 1. The molecule has 0 aliphatic carbocycles. The van der Waals surface area contributed by atoms with Crippen LogP contribution in [0.4, 0.5) is 4.39 Å². The highest BCUT2D eigenvalue weighted by Gasteiger charge is 2.40. The number of sulfonamides is 1. The largest absolute Gasteiger partial charge is 0.480 e. The van der Waals surface area contributed by atoms with E-state index in [1.54, 1.807) is 0 Å². The van der Waals surface area contributed by atoms with Crippen molar-refractivity contribution >= 4 is 21.9 Å². The second-order valence-electron chi connectivity index (χ2n) is 4.82. The quantitative estimate of drug-likeness (QED) is 0.801. The van der Waals surface area contributed by atoms with Crippen molar-refractivity contribution < 1.29 is 27.5 Å². The molecule has 0 saturated carbocycles. The van der Waals surface area contributed by atoms with Gasteiger partial charge in [0.25, 0.3) is 0 Å². The smallest absolute Gasteiger partial charge is 0.322 e. The van der Waals surface area contributed by atoms with Crippen molar-refractivity contribution in [3.63, 3.8) is 0 Å². The van der Waals surface area contributed by atoms with Crippen LogP contribution in [0, 0.1) is 5.82 Å². The average molecular weight is 330 g/mol. The van der Waals surface area contributed by atoms with Crippen molar-refractivity contribution in [2.24, 2.45) is 0 Å². The minimum atomic E-state index is -4.15. The summed E-state index contributed by atoms with van der Waals surface area (Å²) in [5, 5.41) is 10.7. The Balaban J connectivity index is 2.25. The maximum absolute atomic E-state index is 13.7. The topological polar surface area (TPSA) is 104 Å². The Morgan fingerprint density at radius 2 is 2.05 bits per heavy atom. The summed E-state index contributed by atoms with van der Waals surface area (Å²) in [5.41, 5.74) is 0. The third-order valence-electron chi connectivity index (χ3n) is 3.34. The number of amides is 1. The van der Waals surface area contributed by atoms with Gasteiger partial charge in [-0.25, -0.2) is 12.8 Å². The fourth-order valence-electron chi connectivity index (χ4n) is 2.35. The molecule has 0 aromatic heterocycles. The van der Waals surface area contributed by atoms with Gasteiger partial charge in [0, 0.05) is 6.54 Å². The van der Waals surface area contributed by atoms with Gasteiger partial charge in [-0.3, -0.25) is 9.59 Å². The molecule has 1 aliphatic heterocycles. The van der Waals surface area contributed by atoms with Crippen LogP contribution in [0.25, 0.3) is 0 Å². The van der Waals surface area contributed by atoms with Gasteiger partial charge in [0.15, 0.2) is 0 Å². The van der Waals surface area contributed by atoms with E-state index in [9.17, 15) is 22.4 Å². The first-order chi connectivity index (χ1) is 10.3. The molecule has 1 atom stereocenters. The molecule has 0 spiro atoms. The molecule has 0 radical (unpaired) electrons. The molecule has 1 aromatic carbocycles. The van der Waals surface area contributed by atoms with Crippen LogP contribution in [0.3, 0.4) is 0 Å². The summed E-state index contributed by atoms with van der Waals surface area (Å²) in [6, 6.07) is 3.91. The van der Waals surface area contributed by atoms with Gasteiger partial charge in [-0.05, 0) is 25.0 Å². The first-order valence-electron chi connectivity index (χ1n) is 6.60. The van der Waals surface area contributed by atoms with Gasteiger partial charge in [0.2, 0.25) is 15.9 Å². The van der Waals surface area contributed by atoms with E-state index in [0.29, 0.717) is 6.42 Å². The number of aliphatic carboxylic acids is 1. The SMILES string of the molecule is O=C(O)CNC(=O)C1CCCN1S(=O)(=O)c1ccccc1F. The Morgan fingerprint density at radius 3 is 2.68 bits per heavy atom. The highest BCUT2D eigenvalue weighted by molar-refractivity contribution is 7.89. The maximum Gasteiger partial charge on any atom is 0.322 e. The van der Waals surface area contributed by atoms with E-state index < -0.39 is 45.2 Å². The number of carboxylic acid groups (broad SMARTS) is 1. The van der Waals surface area contributed by atoms with E-state index in [4.69, 9.17) is 5.11 Å². The molecule has 0 bridgehead atoms. The minimum Gasteiger partial charge on any atom is -0.480 e. The number of carbonyl (C=O) groups excluding carboxylic acids is 1. The molecule has 22 heavy (non-hydrogen) atoms. The van der Waals surface area contributed by atoms with Crippen molar-refractivity contribution in [1.82, 2.24) is 9.62 Å². The van der Waals surface area contributed by atoms with Gasteiger partial charge in [0.1, 0.15) is 23.3 Å². The van der Waals surface area contributed by atoms with Gasteiger partial charge in [-0.15, -0.1) is 0 Å². The second kappa shape index (κ2) is 6.41. The Hall–Kier alpha value is -2.00. The van der Waals surface area contributed by atoms with Gasteiger partial charge in [-0.2, -0.15) is 4.31 Å². The van der Waals surface area contributed by atoms with Gasteiger partial charge < -0.3 is 10.4 Å². The summed E-state index contributed by atoms with van der Waals surface area (Å²) in [4.78, 5) is 21.9. The van der Waals surface area contributed by atoms with E-state index in [2.05, 4.69) is 5.32 Å². The van der Waals surface area contributed by atoms with Crippen LogP contribution in [-0.2, 0) is 19.6 Å². The highest BCUT2D eigenvalue weighted by atomic mass is 32.2. The summed E-state index contributed by atoms with van der Waals surface area (Å²) in [7, 11) is -4.15. The highest BCUT2D eigenvalue weighted by Crippen LogP contribution is 2.27. The Kier molecular flexibility index (Phi) is 4.77. The van der Waals surface area contributed by atoms with Gasteiger partial charge in [-0.1, -0.05) is 12.1 Å². The third kappa shape index (κ3) is 3.25. The molecule has 1 unspecified atom stereocenters. The molecule has 120 valence electrons. The summed E-state index contributed by atoms with van der Waals surface area (Å²) in [5.74, 6) is -2.81. The number of rotatable bonds is 5. The molecule has 1 amide bonds. The normalized spacial score (nSPS) is 19.0. The number of carbonyl (C=O) groups is 2. The molecule has 7 nitrogen and oxygen atoms in total.